The van der Waals surface area contributed by atoms with Crippen LogP contribution in [0.15, 0.2) is 18.2 Å². The number of halogens is 1. The molecule has 0 unspecified atom stereocenters. The van der Waals surface area contributed by atoms with Crippen molar-refractivity contribution in [1.82, 2.24) is 0 Å². The molecule has 6 heteroatoms. The Morgan fingerprint density at radius 1 is 1.43 bits per heavy atom. The lowest BCUT2D eigenvalue weighted by atomic mass is 10.2. The van der Waals surface area contributed by atoms with Crippen molar-refractivity contribution in [2.45, 2.75) is 0 Å². The predicted octanol–water partition coefficient (Wildman–Crippen LogP) is 1.01. The average Bonchev–Trinajstić information content (AvgIpc) is 2.06. The number of hydrogen-bond acceptors (Lipinski definition) is 3. The molecule has 0 atom stereocenters. The van der Waals surface area contributed by atoms with Gasteiger partial charge in [-0.25, -0.2) is 12.8 Å². The quantitative estimate of drug-likeness (QED) is 0.768. The molecule has 0 radical (unpaired) electrons. The fraction of sp³-hybridized carbons (Fsp3) is 0.125. The van der Waals surface area contributed by atoms with Crippen molar-refractivity contribution in [1.29, 1.82) is 0 Å². The molecule has 0 bridgehead atoms. The van der Waals surface area contributed by atoms with Gasteiger partial charge in [-0.3, -0.25) is 9.52 Å². The maximum atomic E-state index is 13.1. The zero-order chi connectivity index (χ0) is 10.8. The molecule has 76 valence electrons. The number of carbonyl (C=O) groups excluding carboxylic acids is 1. The molecule has 0 aliphatic heterocycles. The lowest BCUT2D eigenvalue weighted by Gasteiger charge is -2.06. The van der Waals surface area contributed by atoms with Crippen LogP contribution >= 0.6 is 0 Å². The lowest BCUT2D eigenvalue weighted by Crippen LogP contribution is -2.12. The number of para-hydroxylation sites is 1. The van der Waals surface area contributed by atoms with Gasteiger partial charge in [-0.1, -0.05) is 6.07 Å². The van der Waals surface area contributed by atoms with E-state index < -0.39 is 15.8 Å². The first-order chi connectivity index (χ1) is 6.44. The third-order valence-corrected chi connectivity index (χ3v) is 2.04. The molecule has 0 fully saturated rings. The second-order valence-electron chi connectivity index (χ2n) is 2.70. The molecule has 0 saturated carbocycles. The van der Waals surface area contributed by atoms with E-state index in [1.807, 2.05) is 4.72 Å². The highest BCUT2D eigenvalue weighted by Gasteiger charge is 2.11. The summed E-state index contributed by atoms with van der Waals surface area (Å²) < 4.78 is 36.7. The Balaban J connectivity index is 3.24. The molecule has 1 rings (SSSR count). The minimum atomic E-state index is -3.58. The maximum Gasteiger partial charge on any atom is 0.229 e. The number of nitrogens with one attached hydrogen (secondary N) is 1. The molecule has 4 nitrogen and oxygen atoms in total. The molecular formula is C8H8FNO3S. The van der Waals surface area contributed by atoms with Crippen LogP contribution in [0, 0.1) is 5.82 Å². The molecule has 1 N–H and O–H groups in total. The van der Waals surface area contributed by atoms with Crippen LogP contribution in [0.4, 0.5) is 10.1 Å². The Morgan fingerprint density at radius 3 is 2.57 bits per heavy atom. The van der Waals surface area contributed by atoms with Gasteiger partial charge in [0.05, 0.1) is 11.9 Å². The molecule has 0 aliphatic carbocycles. The van der Waals surface area contributed by atoms with Crippen LogP contribution < -0.4 is 4.72 Å². The monoisotopic (exact) mass is 217 g/mol. The van der Waals surface area contributed by atoms with Gasteiger partial charge in [0.25, 0.3) is 0 Å². The van der Waals surface area contributed by atoms with Crippen molar-refractivity contribution in [3.63, 3.8) is 0 Å². The first-order valence-electron chi connectivity index (χ1n) is 3.65. The normalized spacial score (nSPS) is 11.0. The summed E-state index contributed by atoms with van der Waals surface area (Å²) >= 11 is 0. The summed E-state index contributed by atoms with van der Waals surface area (Å²) in [6.45, 7) is 0. The van der Waals surface area contributed by atoms with Crippen LogP contribution in [0.25, 0.3) is 0 Å². The summed E-state index contributed by atoms with van der Waals surface area (Å²) in [5.41, 5.74) is -0.347. The Bertz CT molecular complexity index is 456. The van der Waals surface area contributed by atoms with E-state index in [4.69, 9.17) is 0 Å². The van der Waals surface area contributed by atoms with Gasteiger partial charge in [0, 0.05) is 5.56 Å². The number of aldehydes is 1. The smallest absolute Gasteiger partial charge is 0.229 e. The molecule has 0 amide bonds. The average molecular weight is 217 g/mol. The van der Waals surface area contributed by atoms with E-state index in [0.29, 0.717) is 6.29 Å². The number of anilines is 1. The molecule has 14 heavy (non-hydrogen) atoms. The third kappa shape index (κ3) is 2.53. The standard InChI is InChI=1S/C8H8FNO3S/c1-14(12,13)10-8-6(5-11)3-2-4-7(8)9/h2-5,10H,1H3. The van der Waals surface area contributed by atoms with E-state index in [2.05, 4.69) is 0 Å². The van der Waals surface area contributed by atoms with Crippen molar-refractivity contribution in [3.8, 4) is 0 Å². The summed E-state index contributed by atoms with van der Waals surface area (Å²) in [5.74, 6) is -0.778. The molecular weight excluding hydrogens is 209 g/mol. The fourth-order valence-corrected chi connectivity index (χ4v) is 1.52. The highest BCUT2D eigenvalue weighted by atomic mass is 32.2. The molecule has 1 aromatic carbocycles. The zero-order valence-corrected chi connectivity index (χ0v) is 8.14. The summed E-state index contributed by atoms with van der Waals surface area (Å²) in [5, 5.41) is 0. The largest absolute Gasteiger partial charge is 0.298 e. The van der Waals surface area contributed by atoms with Gasteiger partial charge in [0.15, 0.2) is 6.29 Å². The maximum absolute atomic E-state index is 13.1. The number of rotatable bonds is 3. The minimum Gasteiger partial charge on any atom is -0.298 e. The van der Waals surface area contributed by atoms with E-state index in [0.717, 1.165) is 12.3 Å². The van der Waals surface area contributed by atoms with Crippen molar-refractivity contribution < 1.29 is 17.6 Å². The Kier molecular flexibility index (Phi) is 2.85. The van der Waals surface area contributed by atoms with Crippen LogP contribution in [0.5, 0.6) is 0 Å². The lowest BCUT2D eigenvalue weighted by molar-refractivity contribution is 0.112. The first-order valence-corrected chi connectivity index (χ1v) is 5.54. The van der Waals surface area contributed by atoms with E-state index in [9.17, 15) is 17.6 Å². The molecule has 0 aromatic heterocycles. The molecule has 1 aromatic rings. The van der Waals surface area contributed by atoms with Gasteiger partial charge in [-0.2, -0.15) is 0 Å². The second kappa shape index (κ2) is 3.75. The molecule has 0 spiro atoms. The van der Waals surface area contributed by atoms with Gasteiger partial charge in [0.2, 0.25) is 10.0 Å². The Morgan fingerprint density at radius 2 is 2.07 bits per heavy atom. The van der Waals surface area contributed by atoms with Crippen molar-refractivity contribution in [2.75, 3.05) is 11.0 Å². The summed E-state index contributed by atoms with van der Waals surface area (Å²) in [6.07, 6.45) is 1.27. The molecule has 0 heterocycles. The predicted molar refractivity (Wildman–Crippen MR) is 50.3 cm³/mol. The van der Waals surface area contributed by atoms with E-state index in [-0.39, 0.29) is 11.3 Å². The second-order valence-corrected chi connectivity index (χ2v) is 4.44. The number of sulfonamides is 1. The number of hydrogen-bond donors (Lipinski definition) is 1. The van der Waals surface area contributed by atoms with Crippen LogP contribution in [-0.2, 0) is 10.0 Å². The highest BCUT2D eigenvalue weighted by molar-refractivity contribution is 7.92. The zero-order valence-electron chi connectivity index (χ0n) is 7.32. The summed E-state index contributed by atoms with van der Waals surface area (Å²) in [7, 11) is -3.58. The first kappa shape index (κ1) is 10.6. The fourth-order valence-electron chi connectivity index (χ4n) is 0.932. The van der Waals surface area contributed by atoms with Crippen molar-refractivity contribution in [2.24, 2.45) is 0 Å². The summed E-state index contributed by atoms with van der Waals surface area (Å²) in [4.78, 5) is 10.5. The van der Waals surface area contributed by atoms with Gasteiger partial charge < -0.3 is 0 Å². The van der Waals surface area contributed by atoms with Gasteiger partial charge in [0.1, 0.15) is 5.82 Å². The Labute approximate surface area is 80.8 Å². The topological polar surface area (TPSA) is 63.2 Å². The molecule has 0 saturated heterocycles. The molecule has 0 aliphatic rings. The van der Waals surface area contributed by atoms with Crippen LogP contribution in [0.2, 0.25) is 0 Å². The van der Waals surface area contributed by atoms with Gasteiger partial charge >= 0.3 is 0 Å². The van der Waals surface area contributed by atoms with Crippen LogP contribution in [0.1, 0.15) is 10.4 Å². The summed E-state index contributed by atoms with van der Waals surface area (Å²) in [6, 6.07) is 3.72. The minimum absolute atomic E-state index is 0.0320. The van der Waals surface area contributed by atoms with Crippen LogP contribution in [-0.4, -0.2) is 21.0 Å². The highest BCUT2D eigenvalue weighted by Crippen LogP contribution is 2.18. The van der Waals surface area contributed by atoms with Gasteiger partial charge in [-0.05, 0) is 12.1 Å². The van der Waals surface area contributed by atoms with E-state index >= 15 is 0 Å². The number of carbonyl (C=O) groups is 1. The number of benzene rings is 1. The van der Waals surface area contributed by atoms with E-state index in [1.54, 1.807) is 0 Å². The van der Waals surface area contributed by atoms with Crippen molar-refractivity contribution >= 4 is 22.0 Å². The van der Waals surface area contributed by atoms with Crippen molar-refractivity contribution in [3.05, 3.63) is 29.6 Å². The third-order valence-electron chi connectivity index (χ3n) is 1.46. The SMILES string of the molecule is CS(=O)(=O)Nc1c(F)cccc1C=O. The van der Waals surface area contributed by atoms with Crippen LogP contribution in [0.3, 0.4) is 0 Å². The Hall–Kier alpha value is -1.43. The van der Waals surface area contributed by atoms with E-state index in [1.165, 1.54) is 12.1 Å². The van der Waals surface area contributed by atoms with Gasteiger partial charge in [-0.15, -0.1) is 0 Å².